The van der Waals surface area contributed by atoms with Gasteiger partial charge in [0.25, 0.3) is 0 Å². The molecule has 0 aromatic heterocycles. The molecule has 1 saturated heterocycles. The summed E-state index contributed by atoms with van der Waals surface area (Å²) in [5.74, 6) is 0. The summed E-state index contributed by atoms with van der Waals surface area (Å²) in [5, 5.41) is 0. The van der Waals surface area contributed by atoms with E-state index in [1.807, 2.05) is 0 Å². The fourth-order valence-corrected chi connectivity index (χ4v) is 1.51. The molecule has 1 aliphatic rings. The Kier molecular flexibility index (Phi) is 3.34. The molecule has 0 bridgehead atoms. The van der Waals surface area contributed by atoms with Crippen molar-refractivity contribution in [1.29, 1.82) is 0 Å². The van der Waals surface area contributed by atoms with Crippen LogP contribution in [0.2, 0.25) is 0 Å². The molecule has 1 aliphatic heterocycles. The standard InChI is InChI=1S/C8H17N3O/c1-2-10-4-3-5-11(7-6-10)8(9)12/h2-7H2,1H3,(H2,9,12). The molecule has 0 aromatic carbocycles. The van der Waals surface area contributed by atoms with E-state index in [0.29, 0.717) is 0 Å². The number of likely N-dealkylation sites (N-methyl/N-ethyl adjacent to an activating group) is 1. The van der Waals surface area contributed by atoms with Crippen LogP contribution in [0.1, 0.15) is 13.3 Å². The smallest absolute Gasteiger partial charge is 0.314 e. The monoisotopic (exact) mass is 171 g/mol. The zero-order chi connectivity index (χ0) is 8.97. The predicted octanol–water partition coefficient (Wildman–Crippen LogP) is 0.0927. The van der Waals surface area contributed by atoms with E-state index < -0.39 is 0 Å². The zero-order valence-electron chi connectivity index (χ0n) is 7.62. The van der Waals surface area contributed by atoms with Crippen LogP contribution in [-0.4, -0.2) is 48.6 Å². The molecule has 12 heavy (non-hydrogen) atoms. The highest BCUT2D eigenvalue weighted by Gasteiger charge is 2.15. The average Bonchev–Trinajstić information content (AvgIpc) is 2.28. The van der Waals surface area contributed by atoms with Crippen LogP contribution >= 0.6 is 0 Å². The SMILES string of the molecule is CCN1CCCN(C(N)=O)CC1. The fraction of sp³-hybridized carbons (Fsp3) is 0.875. The summed E-state index contributed by atoms with van der Waals surface area (Å²) >= 11 is 0. The molecular formula is C8H17N3O. The Morgan fingerprint density at radius 2 is 2.08 bits per heavy atom. The van der Waals surface area contributed by atoms with Crippen molar-refractivity contribution < 1.29 is 4.79 Å². The largest absolute Gasteiger partial charge is 0.351 e. The molecule has 1 fully saturated rings. The minimum absolute atomic E-state index is 0.284. The maximum Gasteiger partial charge on any atom is 0.314 e. The lowest BCUT2D eigenvalue weighted by molar-refractivity contribution is 0.208. The first kappa shape index (κ1) is 9.32. The highest BCUT2D eigenvalue weighted by Crippen LogP contribution is 2.01. The second kappa shape index (κ2) is 4.30. The molecule has 4 heteroatoms. The Bertz CT molecular complexity index is 160. The maximum atomic E-state index is 10.8. The Balaban J connectivity index is 2.39. The van der Waals surface area contributed by atoms with E-state index in [1.165, 1.54) is 0 Å². The minimum atomic E-state index is -0.284. The number of hydrogen-bond donors (Lipinski definition) is 1. The molecule has 2 amide bonds. The van der Waals surface area contributed by atoms with Crippen molar-refractivity contribution in [1.82, 2.24) is 9.80 Å². The van der Waals surface area contributed by atoms with Crippen molar-refractivity contribution >= 4 is 6.03 Å². The third kappa shape index (κ3) is 2.37. The van der Waals surface area contributed by atoms with E-state index >= 15 is 0 Å². The molecule has 0 spiro atoms. The average molecular weight is 171 g/mol. The fourth-order valence-electron chi connectivity index (χ4n) is 1.51. The van der Waals surface area contributed by atoms with Crippen LogP contribution in [0.4, 0.5) is 4.79 Å². The summed E-state index contributed by atoms with van der Waals surface area (Å²) in [7, 11) is 0. The number of rotatable bonds is 1. The van der Waals surface area contributed by atoms with Crippen LogP contribution < -0.4 is 5.73 Å². The van der Waals surface area contributed by atoms with Crippen LogP contribution in [0.5, 0.6) is 0 Å². The molecule has 4 nitrogen and oxygen atoms in total. The zero-order valence-corrected chi connectivity index (χ0v) is 7.62. The lowest BCUT2D eigenvalue weighted by Crippen LogP contribution is -2.38. The summed E-state index contributed by atoms with van der Waals surface area (Å²) in [5.41, 5.74) is 5.19. The van der Waals surface area contributed by atoms with E-state index in [2.05, 4.69) is 11.8 Å². The summed E-state index contributed by atoms with van der Waals surface area (Å²) in [6.07, 6.45) is 1.04. The number of carbonyl (C=O) groups excluding carboxylic acids is 1. The Morgan fingerprint density at radius 1 is 1.33 bits per heavy atom. The molecule has 0 aromatic rings. The predicted molar refractivity (Wildman–Crippen MR) is 47.9 cm³/mol. The van der Waals surface area contributed by atoms with Crippen molar-refractivity contribution in [2.45, 2.75) is 13.3 Å². The van der Waals surface area contributed by atoms with Gasteiger partial charge in [-0.3, -0.25) is 0 Å². The second-order valence-electron chi connectivity index (χ2n) is 3.11. The number of carbonyl (C=O) groups is 1. The molecule has 1 rings (SSSR count). The van der Waals surface area contributed by atoms with Gasteiger partial charge in [-0.15, -0.1) is 0 Å². The van der Waals surface area contributed by atoms with Crippen molar-refractivity contribution in [3.8, 4) is 0 Å². The number of amides is 2. The Labute approximate surface area is 73.3 Å². The summed E-state index contributed by atoms with van der Waals surface area (Å²) in [6.45, 7) is 6.83. The molecule has 70 valence electrons. The van der Waals surface area contributed by atoms with Crippen molar-refractivity contribution in [3.63, 3.8) is 0 Å². The van der Waals surface area contributed by atoms with Crippen LogP contribution in [0.15, 0.2) is 0 Å². The van der Waals surface area contributed by atoms with Gasteiger partial charge in [-0.25, -0.2) is 4.79 Å². The van der Waals surface area contributed by atoms with Crippen LogP contribution in [-0.2, 0) is 0 Å². The normalized spacial score (nSPS) is 20.6. The van der Waals surface area contributed by atoms with Gasteiger partial charge < -0.3 is 15.5 Å². The van der Waals surface area contributed by atoms with Gasteiger partial charge in [-0.1, -0.05) is 6.92 Å². The summed E-state index contributed by atoms with van der Waals surface area (Å²) in [4.78, 5) is 14.9. The van der Waals surface area contributed by atoms with Gasteiger partial charge >= 0.3 is 6.03 Å². The van der Waals surface area contributed by atoms with Gasteiger partial charge in [-0.05, 0) is 19.5 Å². The third-order valence-electron chi connectivity index (χ3n) is 2.35. The van der Waals surface area contributed by atoms with Crippen molar-refractivity contribution in [2.24, 2.45) is 5.73 Å². The van der Waals surface area contributed by atoms with Gasteiger partial charge in [0.15, 0.2) is 0 Å². The Morgan fingerprint density at radius 3 is 2.67 bits per heavy atom. The molecule has 0 unspecified atom stereocenters. The molecular weight excluding hydrogens is 154 g/mol. The third-order valence-corrected chi connectivity index (χ3v) is 2.35. The van der Waals surface area contributed by atoms with Gasteiger partial charge in [0, 0.05) is 19.6 Å². The van der Waals surface area contributed by atoms with Gasteiger partial charge in [-0.2, -0.15) is 0 Å². The maximum absolute atomic E-state index is 10.8. The first-order valence-corrected chi connectivity index (χ1v) is 4.50. The summed E-state index contributed by atoms with van der Waals surface area (Å²) in [6, 6.07) is -0.284. The number of nitrogens with two attached hydrogens (primary N) is 1. The molecule has 0 atom stereocenters. The van der Waals surface area contributed by atoms with Gasteiger partial charge in [0.05, 0.1) is 0 Å². The molecule has 1 heterocycles. The number of nitrogens with zero attached hydrogens (tertiary/aromatic N) is 2. The van der Waals surface area contributed by atoms with Crippen molar-refractivity contribution in [3.05, 3.63) is 0 Å². The topological polar surface area (TPSA) is 49.6 Å². The van der Waals surface area contributed by atoms with Gasteiger partial charge in [0.1, 0.15) is 0 Å². The van der Waals surface area contributed by atoms with Gasteiger partial charge in [0.2, 0.25) is 0 Å². The lowest BCUT2D eigenvalue weighted by atomic mass is 10.4. The van der Waals surface area contributed by atoms with E-state index in [1.54, 1.807) is 4.90 Å². The highest BCUT2D eigenvalue weighted by molar-refractivity contribution is 5.71. The van der Waals surface area contributed by atoms with E-state index in [9.17, 15) is 4.79 Å². The van der Waals surface area contributed by atoms with Crippen LogP contribution in [0, 0.1) is 0 Å². The molecule has 2 N–H and O–H groups in total. The minimum Gasteiger partial charge on any atom is -0.351 e. The quantitative estimate of drug-likeness (QED) is 0.608. The molecule has 0 saturated carbocycles. The Hall–Kier alpha value is -0.770. The molecule has 0 radical (unpaired) electrons. The number of primary amides is 1. The van der Waals surface area contributed by atoms with E-state index in [-0.39, 0.29) is 6.03 Å². The van der Waals surface area contributed by atoms with E-state index in [4.69, 9.17) is 5.73 Å². The molecule has 0 aliphatic carbocycles. The lowest BCUT2D eigenvalue weighted by Gasteiger charge is -2.18. The number of urea groups is 1. The highest BCUT2D eigenvalue weighted by atomic mass is 16.2. The van der Waals surface area contributed by atoms with Crippen molar-refractivity contribution in [2.75, 3.05) is 32.7 Å². The van der Waals surface area contributed by atoms with Crippen LogP contribution in [0.3, 0.4) is 0 Å². The van der Waals surface area contributed by atoms with Crippen LogP contribution in [0.25, 0.3) is 0 Å². The van der Waals surface area contributed by atoms with E-state index in [0.717, 1.165) is 39.1 Å². The summed E-state index contributed by atoms with van der Waals surface area (Å²) < 4.78 is 0. The first-order chi connectivity index (χ1) is 5.74. The first-order valence-electron chi connectivity index (χ1n) is 4.50. The number of hydrogen-bond acceptors (Lipinski definition) is 2. The second-order valence-corrected chi connectivity index (χ2v) is 3.11.